The number of carbonyl (C=O) groups excluding carboxylic acids is 2. The predicted molar refractivity (Wildman–Crippen MR) is 108 cm³/mol. The zero-order valence-electron chi connectivity index (χ0n) is 16.1. The van der Waals surface area contributed by atoms with Crippen LogP contribution in [0.3, 0.4) is 0 Å². The molecule has 0 bridgehead atoms. The molecular formula is C20H22FN3O4S. The van der Waals surface area contributed by atoms with Crippen LogP contribution in [0.1, 0.15) is 25.8 Å². The van der Waals surface area contributed by atoms with Gasteiger partial charge in [-0.15, -0.1) is 0 Å². The minimum absolute atomic E-state index is 0.0245. The standard InChI is InChI=1S/C20H22FN3O4S/c1-13-11-15-12-18(7-8-19(15)24(13)14(2)25)29(27,28)22-10-9-20(26)23-17-5-3-16(21)4-6-17/h3-8,12-13,22H,9-11H2,1-2H3,(H,23,26)/t13-/m1/s1. The maximum absolute atomic E-state index is 12.9. The van der Waals surface area contributed by atoms with Crippen molar-refractivity contribution in [1.82, 2.24) is 4.72 Å². The second-order valence-corrected chi connectivity index (χ2v) is 8.70. The molecule has 2 N–H and O–H groups in total. The van der Waals surface area contributed by atoms with Crippen molar-refractivity contribution in [3.8, 4) is 0 Å². The van der Waals surface area contributed by atoms with Gasteiger partial charge >= 0.3 is 0 Å². The summed E-state index contributed by atoms with van der Waals surface area (Å²) in [6.07, 6.45) is 0.509. The van der Waals surface area contributed by atoms with Gasteiger partial charge in [-0.05, 0) is 61.4 Å². The molecule has 7 nitrogen and oxygen atoms in total. The largest absolute Gasteiger partial charge is 0.326 e. The minimum atomic E-state index is -3.79. The van der Waals surface area contributed by atoms with E-state index in [1.807, 2.05) is 6.92 Å². The highest BCUT2D eigenvalue weighted by Crippen LogP contribution is 2.33. The lowest BCUT2D eigenvalue weighted by atomic mass is 10.1. The third-order valence-electron chi connectivity index (χ3n) is 4.69. The van der Waals surface area contributed by atoms with E-state index in [2.05, 4.69) is 10.0 Å². The van der Waals surface area contributed by atoms with E-state index in [4.69, 9.17) is 0 Å². The van der Waals surface area contributed by atoms with E-state index in [9.17, 15) is 22.4 Å². The van der Waals surface area contributed by atoms with Gasteiger partial charge in [0, 0.05) is 37.3 Å². The molecule has 1 atom stereocenters. The predicted octanol–water partition coefficient (Wildman–Crippen LogP) is 2.43. The number of anilines is 2. The lowest BCUT2D eigenvalue weighted by molar-refractivity contribution is -0.117. The number of sulfonamides is 1. The number of rotatable bonds is 6. The summed E-state index contributed by atoms with van der Waals surface area (Å²) in [7, 11) is -3.79. The number of nitrogens with zero attached hydrogens (tertiary/aromatic N) is 1. The Labute approximate surface area is 169 Å². The Kier molecular flexibility index (Phi) is 5.99. The summed E-state index contributed by atoms with van der Waals surface area (Å²) in [5.74, 6) is -0.887. The van der Waals surface area contributed by atoms with Crippen LogP contribution in [-0.2, 0) is 26.0 Å². The molecule has 0 radical (unpaired) electrons. The molecule has 29 heavy (non-hydrogen) atoms. The summed E-state index contributed by atoms with van der Waals surface area (Å²) in [6.45, 7) is 3.31. The number of hydrogen-bond acceptors (Lipinski definition) is 4. The highest BCUT2D eigenvalue weighted by Gasteiger charge is 2.30. The Balaban J connectivity index is 1.60. The maximum Gasteiger partial charge on any atom is 0.240 e. The number of hydrogen-bond donors (Lipinski definition) is 2. The molecule has 0 fully saturated rings. The molecule has 0 saturated heterocycles. The molecule has 0 aromatic heterocycles. The average Bonchev–Trinajstić information content (AvgIpc) is 2.98. The van der Waals surface area contributed by atoms with E-state index in [-0.39, 0.29) is 35.7 Å². The van der Waals surface area contributed by atoms with Crippen LogP contribution >= 0.6 is 0 Å². The lowest BCUT2D eigenvalue weighted by Crippen LogP contribution is -2.33. The summed E-state index contributed by atoms with van der Waals surface area (Å²) in [5.41, 5.74) is 1.95. The normalized spacial score (nSPS) is 15.8. The summed E-state index contributed by atoms with van der Waals surface area (Å²) in [6, 6.07) is 9.92. The first-order chi connectivity index (χ1) is 13.7. The molecule has 2 aromatic rings. The first kappa shape index (κ1) is 20.9. The number of benzene rings is 2. The van der Waals surface area contributed by atoms with Crippen LogP contribution in [-0.4, -0.2) is 32.8 Å². The summed E-state index contributed by atoms with van der Waals surface area (Å²) in [5, 5.41) is 2.57. The second-order valence-electron chi connectivity index (χ2n) is 6.94. The van der Waals surface area contributed by atoms with Crippen LogP contribution < -0.4 is 14.9 Å². The van der Waals surface area contributed by atoms with Crippen LogP contribution in [0, 0.1) is 5.82 Å². The van der Waals surface area contributed by atoms with Crippen LogP contribution in [0.25, 0.3) is 0 Å². The Hall–Kier alpha value is -2.78. The first-order valence-electron chi connectivity index (χ1n) is 9.15. The quantitative estimate of drug-likeness (QED) is 0.752. The van der Waals surface area contributed by atoms with E-state index < -0.39 is 15.8 Å². The molecule has 0 aliphatic carbocycles. The smallest absolute Gasteiger partial charge is 0.240 e. The number of nitrogens with one attached hydrogen (secondary N) is 2. The van der Waals surface area contributed by atoms with Gasteiger partial charge in [0.25, 0.3) is 0 Å². The van der Waals surface area contributed by atoms with Crippen molar-refractivity contribution in [1.29, 1.82) is 0 Å². The molecule has 1 aliphatic rings. The molecule has 9 heteroatoms. The van der Waals surface area contributed by atoms with E-state index >= 15 is 0 Å². The van der Waals surface area contributed by atoms with Gasteiger partial charge in [-0.1, -0.05) is 0 Å². The van der Waals surface area contributed by atoms with Crippen molar-refractivity contribution in [2.45, 2.75) is 37.6 Å². The maximum atomic E-state index is 12.9. The van der Waals surface area contributed by atoms with Gasteiger partial charge in [0.15, 0.2) is 0 Å². The van der Waals surface area contributed by atoms with Crippen LogP contribution in [0.5, 0.6) is 0 Å². The molecule has 0 spiro atoms. The van der Waals surface area contributed by atoms with Gasteiger partial charge < -0.3 is 10.2 Å². The highest BCUT2D eigenvalue weighted by atomic mass is 32.2. The van der Waals surface area contributed by atoms with Gasteiger partial charge in [-0.3, -0.25) is 9.59 Å². The number of carbonyl (C=O) groups is 2. The molecular weight excluding hydrogens is 397 g/mol. The molecule has 0 saturated carbocycles. The SMILES string of the molecule is CC(=O)N1c2ccc(S(=O)(=O)NCCC(=O)Nc3ccc(F)cc3)cc2C[C@H]1C. The third kappa shape index (κ3) is 4.80. The average molecular weight is 419 g/mol. The summed E-state index contributed by atoms with van der Waals surface area (Å²) < 4.78 is 40.4. The molecule has 1 heterocycles. The molecule has 2 amide bonds. The van der Waals surface area contributed by atoms with E-state index in [1.165, 1.54) is 37.3 Å². The number of halogens is 1. The van der Waals surface area contributed by atoms with Gasteiger partial charge in [-0.25, -0.2) is 17.5 Å². The molecule has 154 valence electrons. The highest BCUT2D eigenvalue weighted by molar-refractivity contribution is 7.89. The Morgan fingerprint density at radius 2 is 1.86 bits per heavy atom. The van der Waals surface area contributed by atoms with Crippen molar-refractivity contribution in [2.75, 3.05) is 16.8 Å². The monoisotopic (exact) mass is 419 g/mol. The molecule has 1 aliphatic heterocycles. The van der Waals surface area contributed by atoms with Gasteiger partial charge in [0.05, 0.1) is 4.90 Å². The van der Waals surface area contributed by atoms with Crippen LogP contribution in [0.15, 0.2) is 47.4 Å². The van der Waals surface area contributed by atoms with E-state index in [1.54, 1.807) is 17.0 Å². The number of amides is 2. The fourth-order valence-electron chi connectivity index (χ4n) is 3.39. The molecule has 2 aromatic carbocycles. The zero-order valence-corrected chi connectivity index (χ0v) is 16.9. The van der Waals surface area contributed by atoms with Crippen LogP contribution in [0.4, 0.5) is 15.8 Å². The molecule has 3 rings (SSSR count). The van der Waals surface area contributed by atoms with Crippen molar-refractivity contribution in [3.63, 3.8) is 0 Å². The summed E-state index contributed by atoms with van der Waals surface area (Å²) >= 11 is 0. The van der Waals surface area contributed by atoms with Crippen molar-refractivity contribution in [3.05, 3.63) is 53.8 Å². The molecule has 0 unspecified atom stereocenters. The third-order valence-corrected chi connectivity index (χ3v) is 6.15. The Bertz CT molecular complexity index is 1040. The van der Waals surface area contributed by atoms with Gasteiger partial charge in [0.1, 0.15) is 5.82 Å². The fraction of sp³-hybridized carbons (Fsp3) is 0.300. The van der Waals surface area contributed by atoms with E-state index in [0.29, 0.717) is 12.1 Å². The Morgan fingerprint density at radius 1 is 1.17 bits per heavy atom. The Morgan fingerprint density at radius 3 is 2.52 bits per heavy atom. The van der Waals surface area contributed by atoms with Crippen molar-refractivity contribution < 1.29 is 22.4 Å². The fourth-order valence-corrected chi connectivity index (χ4v) is 4.48. The lowest BCUT2D eigenvalue weighted by Gasteiger charge is -2.20. The number of fused-ring (bicyclic) bond motifs is 1. The zero-order chi connectivity index (χ0) is 21.2. The van der Waals surface area contributed by atoms with E-state index in [0.717, 1.165) is 11.3 Å². The van der Waals surface area contributed by atoms with Crippen molar-refractivity contribution in [2.24, 2.45) is 0 Å². The van der Waals surface area contributed by atoms with Gasteiger partial charge in [0.2, 0.25) is 21.8 Å². The first-order valence-corrected chi connectivity index (χ1v) is 10.6. The van der Waals surface area contributed by atoms with Gasteiger partial charge in [-0.2, -0.15) is 0 Å². The minimum Gasteiger partial charge on any atom is -0.326 e. The second kappa shape index (κ2) is 8.30. The van der Waals surface area contributed by atoms with Crippen LogP contribution in [0.2, 0.25) is 0 Å². The topological polar surface area (TPSA) is 95.6 Å². The van der Waals surface area contributed by atoms with Crippen molar-refractivity contribution >= 4 is 33.2 Å². The summed E-state index contributed by atoms with van der Waals surface area (Å²) in [4.78, 5) is 25.5.